The van der Waals surface area contributed by atoms with Crippen LogP contribution in [0.2, 0.25) is 0 Å². The molecule has 11 heteroatoms. The van der Waals surface area contributed by atoms with Gasteiger partial charge < -0.3 is 4.74 Å². The lowest BCUT2D eigenvalue weighted by molar-refractivity contribution is -0.189. The predicted molar refractivity (Wildman–Crippen MR) is 162 cm³/mol. The van der Waals surface area contributed by atoms with Crippen molar-refractivity contribution in [2.24, 2.45) is 17.8 Å². The molecule has 5 rings (SSSR count). The zero-order valence-electron chi connectivity index (χ0n) is 26.1. The molecule has 0 heterocycles. The quantitative estimate of drug-likeness (QED) is 0.130. The van der Waals surface area contributed by atoms with Gasteiger partial charge in [0.2, 0.25) is 0 Å². The lowest BCUT2D eigenvalue weighted by atomic mass is 9.68. The van der Waals surface area contributed by atoms with Crippen LogP contribution in [0.3, 0.4) is 0 Å². The molecule has 2 saturated carbocycles. The van der Waals surface area contributed by atoms with Crippen LogP contribution in [0.15, 0.2) is 42.5 Å². The van der Waals surface area contributed by atoms with Crippen LogP contribution in [-0.4, -0.2) is 6.18 Å². The minimum absolute atomic E-state index is 0.212. The van der Waals surface area contributed by atoms with Gasteiger partial charge in [0, 0.05) is 12.0 Å². The lowest BCUT2D eigenvalue weighted by Gasteiger charge is -2.38. The van der Waals surface area contributed by atoms with Gasteiger partial charge in [-0.15, -0.1) is 0 Å². The summed E-state index contributed by atoms with van der Waals surface area (Å²) in [5.41, 5.74) is -2.85. The lowest BCUT2D eigenvalue weighted by Crippen LogP contribution is -2.27. The summed E-state index contributed by atoms with van der Waals surface area (Å²) in [7, 11) is 0. The Morgan fingerprint density at radius 2 is 1.35 bits per heavy atom. The summed E-state index contributed by atoms with van der Waals surface area (Å²) in [6.45, 7) is 2.02. The van der Waals surface area contributed by atoms with Crippen LogP contribution in [0.1, 0.15) is 93.7 Å². The third-order valence-corrected chi connectivity index (χ3v) is 9.76. The molecule has 3 aromatic carbocycles. The number of benzene rings is 3. The number of hydrogen-bond donors (Lipinski definition) is 0. The maximum absolute atomic E-state index is 15.2. The smallest absolute Gasteiger partial charge is 0.429 e. The molecule has 0 saturated heterocycles. The Morgan fingerprint density at radius 1 is 0.750 bits per heavy atom. The second-order valence-electron chi connectivity index (χ2n) is 12.8. The first-order valence-electron chi connectivity index (χ1n) is 16.0. The second-order valence-corrected chi connectivity index (χ2v) is 12.8. The van der Waals surface area contributed by atoms with Crippen molar-refractivity contribution in [3.8, 4) is 17.6 Å². The normalized spacial score (nSPS) is 22.1. The molecule has 2 aliphatic carbocycles. The van der Waals surface area contributed by atoms with Gasteiger partial charge in [-0.05, 0) is 117 Å². The number of fused-ring (bicyclic) bond motifs is 1. The third-order valence-electron chi connectivity index (χ3n) is 9.76. The zero-order valence-corrected chi connectivity index (χ0v) is 26.1. The number of ether oxygens (including phenoxy) is 1. The highest BCUT2D eigenvalue weighted by atomic mass is 19.4. The van der Waals surface area contributed by atoms with Crippen molar-refractivity contribution in [2.75, 3.05) is 0 Å². The highest BCUT2D eigenvalue weighted by Crippen LogP contribution is 2.46. The Balaban J connectivity index is 1.27. The van der Waals surface area contributed by atoms with E-state index in [0.29, 0.717) is 42.7 Å². The molecule has 2 aliphatic rings. The van der Waals surface area contributed by atoms with E-state index >= 15 is 17.6 Å². The molecule has 0 N–H and O–H groups in total. The van der Waals surface area contributed by atoms with Crippen molar-refractivity contribution >= 4 is 10.8 Å². The van der Waals surface area contributed by atoms with E-state index in [-0.39, 0.29) is 17.5 Å². The molecule has 0 amide bonds. The van der Waals surface area contributed by atoms with E-state index in [0.717, 1.165) is 37.3 Å². The molecule has 3 aromatic rings. The molecular weight excluding hydrogens is 650 g/mol. The van der Waals surface area contributed by atoms with Crippen LogP contribution in [0, 0.1) is 58.7 Å². The molecule has 2 fully saturated rings. The maximum atomic E-state index is 15.2. The molecule has 48 heavy (non-hydrogen) atoms. The van der Waals surface area contributed by atoms with Gasteiger partial charge in [0.05, 0.1) is 10.9 Å². The van der Waals surface area contributed by atoms with Crippen molar-refractivity contribution in [1.82, 2.24) is 0 Å². The largest absolute Gasteiger partial charge is 0.458 e. The number of halogens is 10. The Bertz CT molecular complexity index is 1690. The summed E-state index contributed by atoms with van der Waals surface area (Å²) < 4.78 is 146. The van der Waals surface area contributed by atoms with Gasteiger partial charge in [-0.1, -0.05) is 30.9 Å². The Morgan fingerprint density at radius 3 is 1.94 bits per heavy atom. The van der Waals surface area contributed by atoms with E-state index in [1.165, 1.54) is 38.0 Å². The highest BCUT2D eigenvalue weighted by Gasteiger charge is 2.42. The summed E-state index contributed by atoms with van der Waals surface area (Å²) in [4.78, 5) is 0. The van der Waals surface area contributed by atoms with Crippen LogP contribution in [-0.2, 0) is 6.11 Å². The number of rotatable bonds is 8. The summed E-state index contributed by atoms with van der Waals surface area (Å²) in [5.74, 6) is -5.59. The Labute approximate surface area is 272 Å². The summed E-state index contributed by atoms with van der Waals surface area (Å²) >= 11 is 0. The summed E-state index contributed by atoms with van der Waals surface area (Å²) in [5, 5.41) is -1.74. The molecule has 0 spiro atoms. The average Bonchev–Trinajstić information content (AvgIpc) is 3.00. The minimum Gasteiger partial charge on any atom is -0.429 e. The number of allylic oxidation sites excluding steroid dienone is 2. The van der Waals surface area contributed by atoms with Crippen LogP contribution in [0.4, 0.5) is 43.9 Å². The Hall–Kier alpha value is -3.68. The van der Waals surface area contributed by atoms with Gasteiger partial charge in [0.15, 0.2) is 5.82 Å². The van der Waals surface area contributed by atoms with Gasteiger partial charge in [-0.2, -0.15) is 22.0 Å². The summed E-state index contributed by atoms with van der Waals surface area (Å²) in [6, 6.07) is 2.90. The monoisotopic (exact) mass is 684 g/mol. The van der Waals surface area contributed by atoms with Gasteiger partial charge in [-0.25, -0.2) is 22.0 Å². The van der Waals surface area contributed by atoms with Crippen LogP contribution in [0.5, 0.6) is 5.75 Å². The fraction of sp³-hybridized carbons (Fsp3) is 0.459. The Kier molecular flexibility index (Phi) is 10.7. The first-order chi connectivity index (χ1) is 22.7. The van der Waals surface area contributed by atoms with Crippen LogP contribution in [0.25, 0.3) is 10.8 Å². The van der Waals surface area contributed by atoms with E-state index in [1.54, 1.807) is 0 Å². The third kappa shape index (κ3) is 8.12. The molecule has 0 bridgehead atoms. The zero-order chi connectivity index (χ0) is 34.8. The SMILES string of the molecule is C/C=C/CCC1CCC(C2CCC(c3cc(F)c(C(F)(F)Oc4cc(F)c5c(F)c(C#CC(F)(F)F)c(F)cc5c4)c(F)c3)CC2)CC1. The van der Waals surface area contributed by atoms with Crippen molar-refractivity contribution < 1.29 is 48.6 Å². The topological polar surface area (TPSA) is 9.23 Å². The van der Waals surface area contributed by atoms with Crippen LogP contribution < -0.4 is 4.74 Å². The summed E-state index contributed by atoms with van der Waals surface area (Å²) in [6.07, 6.45) is 4.66. The van der Waals surface area contributed by atoms with Gasteiger partial charge in [0.25, 0.3) is 0 Å². The first kappa shape index (κ1) is 35.6. The molecule has 0 atom stereocenters. The molecule has 1 nitrogen and oxygen atoms in total. The van der Waals surface area contributed by atoms with E-state index in [1.807, 2.05) is 6.92 Å². The van der Waals surface area contributed by atoms with E-state index < -0.39 is 69.0 Å². The minimum atomic E-state index is -5.09. The van der Waals surface area contributed by atoms with Crippen molar-refractivity contribution in [3.05, 3.63) is 88.3 Å². The van der Waals surface area contributed by atoms with Gasteiger partial charge in [-0.3, -0.25) is 0 Å². The molecule has 0 aromatic heterocycles. The molecular formula is C37H34F10O. The molecule has 0 aliphatic heterocycles. The first-order valence-corrected chi connectivity index (χ1v) is 16.0. The van der Waals surface area contributed by atoms with Gasteiger partial charge in [0.1, 0.15) is 34.6 Å². The number of hydrogen-bond acceptors (Lipinski definition) is 1. The van der Waals surface area contributed by atoms with E-state index in [9.17, 15) is 26.3 Å². The molecule has 258 valence electrons. The number of alkyl halides is 5. The standard InChI is InChI=1S/C37H34F10O/c1-2-3-4-5-21-6-8-22(9-7-21)23-10-12-24(13-11-23)25-17-31(40)34(32(41)18-25)37(46,47)48-27-16-26-19-29(38)28(14-15-36(43,44)45)35(42)33(26)30(39)20-27/h2-3,16-24H,4-13H2,1H3/b3-2+. The van der Waals surface area contributed by atoms with Gasteiger partial charge >= 0.3 is 12.3 Å². The van der Waals surface area contributed by atoms with Crippen molar-refractivity contribution in [1.29, 1.82) is 0 Å². The van der Waals surface area contributed by atoms with Crippen molar-refractivity contribution in [2.45, 2.75) is 89.3 Å². The fourth-order valence-corrected chi connectivity index (χ4v) is 7.37. The van der Waals surface area contributed by atoms with Crippen LogP contribution >= 0.6 is 0 Å². The highest BCUT2D eigenvalue weighted by molar-refractivity contribution is 5.87. The van der Waals surface area contributed by atoms with Crippen molar-refractivity contribution in [3.63, 3.8) is 0 Å². The van der Waals surface area contributed by atoms with E-state index in [4.69, 9.17) is 0 Å². The molecule has 0 unspecified atom stereocenters. The molecule has 0 radical (unpaired) electrons. The fourth-order valence-electron chi connectivity index (χ4n) is 7.37. The predicted octanol–water partition coefficient (Wildman–Crippen LogP) is 12.0. The average molecular weight is 685 g/mol. The van der Waals surface area contributed by atoms with E-state index in [2.05, 4.69) is 16.9 Å². The maximum Gasteiger partial charge on any atom is 0.458 e. The second kappa shape index (κ2) is 14.4.